The summed E-state index contributed by atoms with van der Waals surface area (Å²) in [6, 6.07) is 13.3. The van der Waals surface area contributed by atoms with Crippen molar-refractivity contribution in [1.29, 1.82) is 5.41 Å². The molecule has 0 saturated heterocycles. The van der Waals surface area contributed by atoms with Gasteiger partial charge >= 0.3 is 5.97 Å². The second-order valence-electron chi connectivity index (χ2n) is 5.71. The van der Waals surface area contributed by atoms with E-state index in [1.165, 1.54) is 0 Å². The number of ether oxygens (including phenoxy) is 1. The molecule has 0 saturated carbocycles. The van der Waals surface area contributed by atoms with Crippen LogP contribution in [0.1, 0.15) is 42.2 Å². The summed E-state index contributed by atoms with van der Waals surface area (Å²) in [5.41, 5.74) is 8.26. The number of carbonyl (C=O) groups is 1. The maximum atomic E-state index is 11.8. The van der Waals surface area contributed by atoms with Crippen LogP contribution in [0.2, 0.25) is 0 Å². The van der Waals surface area contributed by atoms with Crippen LogP contribution in [-0.4, -0.2) is 24.0 Å². The third-order valence-corrected chi connectivity index (χ3v) is 4.02. The van der Waals surface area contributed by atoms with E-state index >= 15 is 0 Å². The monoisotopic (exact) mass is 341 g/mol. The van der Waals surface area contributed by atoms with Crippen molar-refractivity contribution < 1.29 is 14.6 Å². The molecule has 132 valence electrons. The van der Waals surface area contributed by atoms with E-state index in [4.69, 9.17) is 15.9 Å². The van der Waals surface area contributed by atoms with E-state index in [-0.39, 0.29) is 11.9 Å². The van der Waals surface area contributed by atoms with Crippen LogP contribution in [0.3, 0.4) is 0 Å². The number of nitrogens with two attached hydrogens (primary N) is 1. The smallest absolute Gasteiger partial charge is 0.330 e. The highest BCUT2D eigenvalue weighted by molar-refractivity contribution is 5.95. The summed E-state index contributed by atoms with van der Waals surface area (Å²) in [5, 5.41) is 20.0. The lowest BCUT2D eigenvalue weighted by molar-refractivity contribution is -0.138. The van der Waals surface area contributed by atoms with Gasteiger partial charge in [0.25, 0.3) is 0 Å². The Kier molecular flexibility index (Phi) is 6.14. The molecule has 0 radical (unpaired) electrons. The number of benzene rings is 2. The van der Waals surface area contributed by atoms with Crippen LogP contribution in [0.25, 0.3) is 0 Å². The van der Waals surface area contributed by atoms with Gasteiger partial charge in [-0.15, -0.1) is 0 Å². The van der Waals surface area contributed by atoms with Gasteiger partial charge in [-0.3, -0.25) is 5.41 Å². The summed E-state index contributed by atoms with van der Waals surface area (Å²) in [6.45, 7) is 2.02. The number of methoxy groups -OCH3 is 1. The first-order valence-electron chi connectivity index (χ1n) is 8.02. The first-order valence-corrected chi connectivity index (χ1v) is 8.02. The van der Waals surface area contributed by atoms with E-state index in [2.05, 4.69) is 5.32 Å². The standard InChI is InChI=1S/C19H23N3O3/c1-3-16(25-2)13-5-4-6-14(11-13)17(19(23)24)22-15-9-7-12(8-10-15)18(20)21/h4-11,16-17,22H,3H2,1-2H3,(H3,20,21)(H,23,24). The summed E-state index contributed by atoms with van der Waals surface area (Å²) in [5.74, 6) is -1.00. The Morgan fingerprint density at radius 1 is 1.24 bits per heavy atom. The second-order valence-corrected chi connectivity index (χ2v) is 5.71. The van der Waals surface area contributed by atoms with Gasteiger partial charge in [0.2, 0.25) is 0 Å². The number of hydrogen-bond donors (Lipinski definition) is 4. The van der Waals surface area contributed by atoms with E-state index in [0.717, 1.165) is 12.0 Å². The van der Waals surface area contributed by atoms with E-state index in [1.807, 2.05) is 25.1 Å². The zero-order valence-electron chi connectivity index (χ0n) is 14.3. The van der Waals surface area contributed by atoms with Crippen LogP contribution in [0, 0.1) is 5.41 Å². The Morgan fingerprint density at radius 3 is 2.40 bits per heavy atom. The Morgan fingerprint density at radius 2 is 1.88 bits per heavy atom. The predicted molar refractivity (Wildman–Crippen MR) is 97.9 cm³/mol. The summed E-state index contributed by atoms with van der Waals surface area (Å²) >= 11 is 0. The molecule has 0 heterocycles. The molecule has 0 aliphatic rings. The molecule has 0 bridgehead atoms. The fourth-order valence-corrected chi connectivity index (χ4v) is 2.68. The number of hydrogen-bond acceptors (Lipinski definition) is 4. The number of carboxylic acid groups (broad SMARTS) is 1. The van der Waals surface area contributed by atoms with E-state index in [9.17, 15) is 9.90 Å². The predicted octanol–water partition coefficient (Wildman–Crippen LogP) is 3.31. The largest absolute Gasteiger partial charge is 0.479 e. The maximum Gasteiger partial charge on any atom is 0.330 e. The van der Waals surface area contributed by atoms with Gasteiger partial charge in [0.1, 0.15) is 5.84 Å². The molecular formula is C19H23N3O3. The number of rotatable bonds is 8. The van der Waals surface area contributed by atoms with Crippen molar-refractivity contribution in [2.45, 2.75) is 25.5 Å². The van der Waals surface area contributed by atoms with Gasteiger partial charge in [-0.2, -0.15) is 0 Å². The van der Waals surface area contributed by atoms with E-state index in [0.29, 0.717) is 16.8 Å². The van der Waals surface area contributed by atoms with Gasteiger partial charge in [0, 0.05) is 18.4 Å². The van der Waals surface area contributed by atoms with Gasteiger partial charge < -0.3 is 20.9 Å². The SMILES string of the molecule is CCC(OC)c1cccc(C(Nc2ccc(C(=N)N)cc2)C(=O)O)c1. The molecular weight excluding hydrogens is 318 g/mol. The fourth-order valence-electron chi connectivity index (χ4n) is 2.68. The molecule has 0 spiro atoms. The van der Waals surface area contributed by atoms with Gasteiger partial charge in [-0.1, -0.05) is 31.2 Å². The molecule has 0 fully saturated rings. The molecule has 5 N–H and O–H groups in total. The quantitative estimate of drug-likeness (QED) is 0.435. The number of carboxylic acids is 1. The Balaban J connectivity index is 2.27. The highest BCUT2D eigenvalue weighted by atomic mass is 16.5. The maximum absolute atomic E-state index is 11.8. The first-order chi connectivity index (χ1) is 12.0. The molecule has 2 unspecified atom stereocenters. The zero-order valence-corrected chi connectivity index (χ0v) is 14.3. The minimum Gasteiger partial charge on any atom is -0.479 e. The van der Waals surface area contributed by atoms with E-state index in [1.54, 1.807) is 37.4 Å². The van der Waals surface area contributed by atoms with Crippen LogP contribution >= 0.6 is 0 Å². The number of anilines is 1. The molecule has 0 amide bonds. The van der Waals surface area contributed by atoms with Gasteiger partial charge in [-0.25, -0.2) is 4.79 Å². The van der Waals surface area contributed by atoms with Crippen molar-refractivity contribution in [3.05, 3.63) is 65.2 Å². The topological polar surface area (TPSA) is 108 Å². The Labute approximate surface area is 147 Å². The lowest BCUT2D eigenvalue weighted by Crippen LogP contribution is -2.21. The number of nitrogen functional groups attached to an aromatic ring is 1. The van der Waals surface area contributed by atoms with Crippen LogP contribution < -0.4 is 11.1 Å². The lowest BCUT2D eigenvalue weighted by atomic mass is 9.99. The third kappa shape index (κ3) is 4.58. The molecule has 0 aliphatic carbocycles. The normalized spacial score (nSPS) is 13.0. The highest BCUT2D eigenvalue weighted by Crippen LogP contribution is 2.26. The molecule has 2 aromatic carbocycles. The molecule has 2 aromatic rings. The minimum absolute atomic E-state index is 0.0285. The Hall–Kier alpha value is -2.86. The number of amidine groups is 1. The summed E-state index contributed by atoms with van der Waals surface area (Å²) in [7, 11) is 1.64. The number of aliphatic carboxylic acids is 1. The molecule has 2 atom stereocenters. The molecule has 2 rings (SSSR count). The van der Waals surface area contributed by atoms with Crippen molar-refractivity contribution in [2.24, 2.45) is 5.73 Å². The van der Waals surface area contributed by atoms with E-state index < -0.39 is 12.0 Å². The Bertz CT molecular complexity index is 740. The van der Waals surface area contributed by atoms with Crippen LogP contribution in [-0.2, 0) is 9.53 Å². The summed E-state index contributed by atoms with van der Waals surface area (Å²) < 4.78 is 5.43. The van der Waals surface area contributed by atoms with Crippen LogP contribution in [0.4, 0.5) is 5.69 Å². The second kappa shape index (κ2) is 8.30. The average Bonchev–Trinajstić information content (AvgIpc) is 2.61. The van der Waals surface area contributed by atoms with Crippen molar-refractivity contribution in [3.63, 3.8) is 0 Å². The van der Waals surface area contributed by atoms with Crippen molar-refractivity contribution in [2.75, 3.05) is 12.4 Å². The molecule has 0 aliphatic heterocycles. The van der Waals surface area contributed by atoms with Crippen LogP contribution in [0.5, 0.6) is 0 Å². The molecule has 25 heavy (non-hydrogen) atoms. The third-order valence-electron chi connectivity index (χ3n) is 4.02. The minimum atomic E-state index is -0.974. The fraction of sp³-hybridized carbons (Fsp3) is 0.263. The first kappa shape index (κ1) is 18.5. The number of nitrogens with one attached hydrogen (secondary N) is 2. The van der Waals surface area contributed by atoms with Crippen molar-refractivity contribution in [1.82, 2.24) is 0 Å². The lowest BCUT2D eigenvalue weighted by Gasteiger charge is -2.19. The highest BCUT2D eigenvalue weighted by Gasteiger charge is 2.21. The van der Waals surface area contributed by atoms with Gasteiger partial charge in [0.15, 0.2) is 6.04 Å². The molecule has 6 heteroatoms. The summed E-state index contributed by atoms with van der Waals surface area (Å²) in [6.07, 6.45) is 0.738. The van der Waals surface area contributed by atoms with Crippen molar-refractivity contribution >= 4 is 17.5 Å². The van der Waals surface area contributed by atoms with Crippen molar-refractivity contribution in [3.8, 4) is 0 Å². The van der Waals surface area contributed by atoms with Gasteiger partial charge in [0.05, 0.1) is 6.10 Å². The van der Waals surface area contributed by atoms with Crippen LogP contribution in [0.15, 0.2) is 48.5 Å². The molecule has 6 nitrogen and oxygen atoms in total. The zero-order chi connectivity index (χ0) is 18.4. The average molecular weight is 341 g/mol. The summed E-state index contributed by atoms with van der Waals surface area (Å²) in [4.78, 5) is 11.8. The molecule has 0 aromatic heterocycles. The van der Waals surface area contributed by atoms with Gasteiger partial charge in [-0.05, 0) is 41.8 Å².